The number of nitrogen functional groups attached to an aromatic ring is 1. The van der Waals surface area contributed by atoms with E-state index >= 15 is 0 Å². The lowest BCUT2D eigenvalue weighted by atomic mass is 9.83. The fraction of sp³-hybridized carbons (Fsp3) is 0.278. The molecule has 0 radical (unpaired) electrons. The van der Waals surface area contributed by atoms with Crippen LogP contribution in [0.25, 0.3) is 0 Å². The third-order valence-corrected chi connectivity index (χ3v) is 3.85. The van der Waals surface area contributed by atoms with Crippen LogP contribution in [0.4, 0.5) is 5.69 Å². The van der Waals surface area contributed by atoms with Gasteiger partial charge in [-0.05, 0) is 44.0 Å². The van der Waals surface area contributed by atoms with E-state index in [1.807, 2.05) is 75.4 Å². The Kier molecular flexibility index (Phi) is 4.32. The van der Waals surface area contributed by atoms with Crippen molar-refractivity contribution >= 4 is 11.6 Å². The summed E-state index contributed by atoms with van der Waals surface area (Å²) in [6, 6.07) is 17.3. The molecule has 2 aromatic carbocycles. The van der Waals surface area contributed by atoms with Gasteiger partial charge in [0, 0.05) is 5.69 Å². The molecule has 0 heterocycles. The minimum atomic E-state index is -0.566. The summed E-state index contributed by atoms with van der Waals surface area (Å²) in [6.07, 6.45) is 0. The zero-order valence-corrected chi connectivity index (χ0v) is 12.8. The van der Waals surface area contributed by atoms with Crippen LogP contribution in [-0.2, 0) is 10.2 Å². The molecular weight excluding hydrogens is 260 g/mol. The number of nitrogens with two attached hydrogens (primary N) is 1. The van der Waals surface area contributed by atoms with Crippen molar-refractivity contribution in [2.24, 2.45) is 0 Å². The van der Waals surface area contributed by atoms with Crippen molar-refractivity contribution in [3.05, 3.63) is 65.7 Å². The molecule has 0 aliphatic carbocycles. The normalized spacial score (nSPS) is 12.7. The lowest BCUT2D eigenvalue weighted by molar-refractivity contribution is -0.126. The van der Waals surface area contributed by atoms with E-state index in [1.165, 1.54) is 0 Å². The van der Waals surface area contributed by atoms with Gasteiger partial charge in [0.25, 0.3) is 0 Å². The molecule has 0 bridgehead atoms. The van der Waals surface area contributed by atoms with Crippen LogP contribution in [0.5, 0.6) is 0 Å². The molecule has 3 nitrogen and oxygen atoms in total. The summed E-state index contributed by atoms with van der Waals surface area (Å²) in [5.74, 6) is 0.0121. The molecule has 0 aliphatic heterocycles. The lowest BCUT2D eigenvalue weighted by Gasteiger charge is -2.26. The molecule has 3 N–H and O–H groups in total. The first-order valence-electron chi connectivity index (χ1n) is 7.13. The van der Waals surface area contributed by atoms with Crippen LogP contribution in [0, 0.1) is 0 Å². The fourth-order valence-corrected chi connectivity index (χ4v) is 2.23. The monoisotopic (exact) mass is 282 g/mol. The molecule has 0 spiro atoms. The predicted octanol–water partition coefficient (Wildman–Crippen LogP) is 3.42. The van der Waals surface area contributed by atoms with E-state index in [0.717, 1.165) is 16.8 Å². The van der Waals surface area contributed by atoms with E-state index < -0.39 is 5.41 Å². The molecule has 1 atom stereocenters. The van der Waals surface area contributed by atoms with Gasteiger partial charge in [0.15, 0.2) is 0 Å². The number of nitrogens with one attached hydrogen (secondary N) is 1. The first kappa shape index (κ1) is 15.1. The zero-order valence-electron chi connectivity index (χ0n) is 12.8. The molecular formula is C18H22N2O. The second kappa shape index (κ2) is 6.00. The van der Waals surface area contributed by atoms with Crippen LogP contribution in [0.15, 0.2) is 54.6 Å². The van der Waals surface area contributed by atoms with E-state index in [9.17, 15) is 4.79 Å². The topological polar surface area (TPSA) is 55.1 Å². The molecule has 0 aromatic heterocycles. The van der Waals surface area contributed by atoms with Crippen molar-refractivity contribution in [1.82, 2.24) is 5.32 Å². The van der Waals surface area contributed by atoms with Crippen LogP contribution in [0.3, 0.4) is 0 Å². The van der Waals surface area contributed by atoms with Crippen molar-refractivity contribution < 1.29 is 4.79 Å². The molecule has 0 saturated heterocycles. The molecule has 3 heteroatoms. The maximum Gasteiger partial charge on any atom is 0.230 e. The standard InChI is InChI=1S/C18H22N2O/c1-13(14-9-11-16(19)12-10-14)20-17(21)18(2,3)15-7-5-4-6-8-15/h4-13H,19H2,1-3H3,(H,20,21). The summed E-state index contributed by atoms with van der Waals surface area (Å²) in [4.78, 5) is 12.6. The molecule has 2 rings (SSSR count). The third-order valence-electron chi connectivity index (χ3n) is 3.85. The van der Waals surface area contributed by atoms with Gasteiger partial charge in [-0.3, -0.25) is 4.79 Å². The first-order chi connectivity index (χ1) is 9.91. The maximum absolute atomic E-state index is 12.6. The minimum Gasteiger partial charge on any atom is -0.399 e. The first-order valence-corrected chi connectivity index (χ1v) is 7.13. The number of benzene rings is 2. The number of rotatable bonds is 4. The van der Waals surface area contributed by atoms with Crippen molar-refractivity contribution in [3.63, 3.8) is 0 Å². The molecule has 1 amide bonds. The summed E-state index contributed by atoms with van der Waals surface area (Å²) >= 11 is 0. The van der Waals surface area contributed by atoms with Crippen LogP contribution in [0.2, 0.25) is 0 Å². The summed E-state index contributed by atoms with van der Waals surface area (Å²) in [5.41, 5.74) is 7.89. The Morgan fingerprint density at radius 1 is 1.05 bits per heavy atom. The van der Waals surface area contributed by atoms with Gasteiger partial charge in [0.1, 0.15) is 0 Å². The SMILES string of the molecule is CC(NC(=O)C(C)(C)c1ccccc1)c1ccc(N)cc1. The van der Waals surface area contributed by atoms with Gasteiger partial charge in [0.05, 0.1) is 11.5 Å². The van der Waals surface area contributed by atoms with E-state index in [2.05, 4.69) is 5.32 Å². The van der Waals surface area contributed by atoms with E-state index in [4.69, 9.17) is 5.73 Å². The van der Waals surface area contributed by atoms with Gasteiger partial charge < -0.3 is 11.1 Å². The van der Waals surface area contributed by atoms with Gasteiger partial charge in [-0.1, -0.05) is 42.5 Å². The Morgan fingerprint density at radius 3 is 2.19 bits per heavy atom. The van der Waals surface area contributed by atoms with Crippen molar-refractivity contribution in [3.8, 4) is 0 Å². The van der Waals surface area contributed by atoms with Crippen molar-refractivity contribution in [2.45, 2.75) is 32.2 Å². The third kappa shape index (κ3) is 3.43. The number of anilines is 1. The number of hydrogen-bond acceptors (Lipinski definition) is 2. The number of carbonyl (C=O) groups is 1. The van der Waals surface area contributed by atoms with Gasteiger partial charge in [-0.25, -0.2) is 0 Å². The Labute approximate surface area is 126 Å². The molecule has 0 aliphatic rings. The average molecular weight is 282 g/mol. The highest BCUT2D eigenvalue weighted by atomic mass is 16.2. The Balaban J connectivity index is 2.12. The Morgan fingerprint density at radius 2 is 1.62 bits per heavy atom. The second-order valence-corrected chi connectivity index (χ2v) is 5.85. The van der Waals surface area contributed by atoms with Gasteiger partial charge in [-0.2, -0.15) is 0 Å². The van der Waals surface area contributed by atoms with Gasteiger partial charge in [0.2, 0.25) is 5.91 Å². The highest BCUT2D eigenvalue weighted by Crippen LogP contribution is 2.24. The summed E-state index contributed by atoms with van der Waals surface area (Å²) in [5, 5.41) is 3.07. The number of amides is 1. The van der Waals surface area contributed by atoms with Crippen molar-refractivity contribution in [2.75, 3.05) is 5.73 Å². The smallest absolute Gasteiger partial charge is 0.230 e. The number of hydrogen-bond donors (Lipinski definition) is 2. The van der Waals surface area contributed by atoms with E-state index in [0.29, 0.717) is 0 Å². The van der Waals surface area contributed by atoms with E-state index in [1.54, 1.807) is 0 Å². The average Bonchev–Trinajstić information content (AvgIpc) is 2.48. The second-order valence-electron chi connectivity index (χ2n) is 5.85. The molecule has 110 valence electrons. The number of carbonyl (C=O) groups excluding carboxylic acids is 1. The Bertz CT molecular complexity index is 603. The Hall–Kier alpha value is -2.29. The summed E-state index contributed by atoms with van der Waals surface area (Å²) < 4.78 is 0. The van der Waals surface area contributed by atoms with Crippen LogP contribution >= 0.6 is 0 Å². The van der Waals surface area contributed by atoms with Gasteiger partial charge in [-0.15, -0.1) is 0 Å². The highest BCUT2D eigenvalue weighted by Gasteiger charge is 2.30. The summed E-state index contributed by atoms with van der Waals surface area (Å²) in [7, 11) is 0. The molecule has 2 aromatic rings. The minimum absolute atomic E-state index is 0.0121. The fourth-order valence-electron chi connectivity index (χ4n) is 2.23. The van der Waals surface area contributed by atoms with Crippen molar-refractivity contribution in [1.29, 1.82) is 0 Å². The predicted molar refractivity (Wildman–Crippen MR) is 86.9 cm³/mol. The maximum atomic E-state index is 12.6. The van der Waals surface area contributed by atoms with Crippen LogP contribution in [-0.4, -0.2) is 5.91 Å². The summed E-state index contributed by atoms with van der Waals surface area (Å²) in [6.45, 7) is 5.85. The zero-order chi connectivity index (χ0) is 15.5. The molecule has 0 saturated carbocycles. The quantitative estimate of drug-likeness (QED) is 0.844. The molecule has 1 unspecified atom stereocenters. The van der Waals surface area contributed by atoms with E-state index in [-0.39, 0.29) is 11.9 Å². The largest absolute Gasteiger partial charge is 0.399 e. The highest BCUT2D eigenvalue weighted by molar-refractivity contribution is 5.87. The van der Waals surface area contributed by atoms with Gasteiger partial charge >= 0.3 is 0 Å². The van der Waals surface area contributed by atoms with Crippen LogP contribution in [0.1, 0.15) is 37.9 Å². The lowest BCUT2D eigenvalue weighted by Crippen LogP contribution is -2.41. The van der Waals surface area contributed by atoms with Crippen LogP contribution < -0.4 is 11.1 Å². The molecule has 0 fully saturated rings. The molecule has 21 heavy (non-hydrogen) atoms.